The van der Waals surface area contributed by atoms with E-state index < -0.39 is 19.8 Å². The predicted octanol–water partition coefficient (Wildman–Crippen LogP) is 1.86. The van der Waals surface area contributed by atoms with Crippen molar-refractivity contribution >= 4 is 50.5 Å². The largest absolute Gasteiger partial charge is 0.351 e. The average Bonchev–Trinajstić information content (AvgIpc) is 2.77. The van der Waals surface area contributed by atoms with Crippen molar-refractivity contribution in [1.82, 2.24) is 10.0 Å². The van der Waals surface area contributed by atoms with Gasteiger partial charge < -0.3 is 5.32 Å². The van der Waals surface area contributed by atoms with Crippen molar-refractivity contribution < 1.29 is 13.2 Å². The molecule has 1 amide bonds. The molecule has 1 atom stereocenters. The summed E-state index contributed by atoms with van der Waals surface area (Å²) in [7, 11) is -2.08. The van der Waals surface area contributed by atoms with Crippen LogP contribution >= 0.6 is 34.5 Å². The number of hydrogen-bond acceptors (Lipinski definition) is 4. The summed E-state index contributed by atoms with van der Waals surface area (Å²) in [6.07, 6.45) is 0.415. The van der Waals surface area contributed by atoms with E-state index in [-0.39, 0.29) is 16.7 Å². The molecule has 2 rings (SSSR count). The third-order valence-electron chi connectivity index (χ3n) is 3.35. The normalized spacial score (nSPS) is 24.4. The number of amides is 1. The van der Waals surface area contributed by atoms with Crippen molar-refractivity contribution in [2.24, 2.45) is 5.41 Å². The summed E-state index contributed by atoms with van der Waals surface area (Å²) >= 11 is 13.0. The minimum Gasteiger partial charge on any atom is -0.351 e. The van der Waals surface area contributed by atoms with Crippen molar-refractivity contribution in [2.45, 2.75) is 28.4 Å². The monoisotopic (exact) mass is 356 g/mol. The van der Waals surface area contributed by atoms with E-state index in [1.54, 1.807) is 13.0 Å². The van der Waals surface area contributed by atoms with Gasteiger partial charge in [0.15, 0.2) is 0 Å². The first kappa shape index (κ1) is 16.0. The first-order valence-corrected chi connectivity index (χ1v) is 8.86. The Balaban J connectivity index is 1.98. The molecule has 0 aliphatic heterocycles. The molecule has 0 aromatic carbocycles. The van der Waals surface area contributed by atoms with Crippen LogP contribution in [0.2, 0.25) is 0 Å². The number of sulfonamides is 1. The highest BCUT2D eigenvalue weighted by atomic mass is 35.5. The quantitative estimate of drug-likeness (QED) is 0.790. The maximum absolute atomic E-state index is 12.0. The number of nitrogens with one attached hydrogen (secondary N) is 2. The van der Waals surface area contributed by atoms with Gasteiger partial charge in [-0.2, -0.15) is 0 Å². The van der Waals surface area contributed by atoms with E-state index in [1.807, 2.05) is 0 Å². The number of halogens is 2. The standard InChI is InChI=1S/C11H14Cl2N2O3S2/c1-10(6-11(10,12)13)9(16)15-5-7-3-4-8(19-7)20(17,18)14-2/h3-4,14H,5-6H2,1-2H3,(H,15,16). The molecule has 1 aliphatic rings. The fraction of sp³-hybridized carbons (Fsp3) is 0.545. The van der Waals surface area contributed by atoms with Gasteiger partial charge in [-0.25, -0.2) is 13.1 Å². The molecule has 0 saturated heterocycles. The number of alkyl halides is 2. The van der Waals surface area contributed by atoms with Gasteiger partial charge in [0.1, 0.15) is 8.54 Å². The van der Waals surface area contributed by atoms with E-state index in [1.165, 1.54) is 13.1 Å². The topological polar surface area (TPSA) is 75.3 Å². The van der Waals surface area contributed by atoms with E-state index >= 15 is 0 Å². The van der Waals surface area contributed by atoms with E-state index in [0.717, 1.165) is 16.2 Å². The summed E-state index contributed by atoms with van der Waals surface area (Å²) in [4.78, 5) is 12.7. The Morgan fingerprint density at radius 2 is 2.05 bits per heavy atom. The second-order valence-corrected chi connectivity index (χ2v) is 9.59. The third kappa shape index (κ3) is 2.82. The Morgan fingerprint density at radius 1 is 1.45 bits per heavy atom. The number of rotatable bonds is 5. The van der Waals surface area contributed by atoms with Crippen molar-refractivity contribution in [3.05, 3.63) is 17.0 Å². The van der Waals surface area contributed by atoms with Crippen LogP contribution in [0.4, 0.5) is 0 Å². The van der Waals surface area contributed by atoms with Crippen LogP contribution in [0.1, 0.15) is 18.2 Å². The molecule has 0 spiro atoms. The first-order valence-electron chi connectivity index (χ1n) is 5.81. The van der Waals surface area contributed by atoms with Crippen LogP contribution in [-0.4, -0.2) is 25.7 Å². The molecule has 0 bridgehead atoms. The van der Waals surface area contributed by atoms with Crippen molar-refractivity contribution in [2.75, 3.05) is 7.05 Å². The molecule has 112 valence electrons. The van der Waals surface area contributed by atoms with Crippen molar-refractivity contribution in [1.29, 1.82) is 0 Å². The molecule has 9 heteroatoms. The van der Waals surface area contributed by atoms with E-state index in [2.05, 4.69) is 10.0 Å². The zero-order valence-electron chi connectivity index (χ0n) is 10.9. The highest BCUT2D eigenvalue weighted by Gasteiger charge is 2.67. The smallest absolute Gasteiger partial charge is 0.249 e. The average molecular weight is 357 g/mol. The highest BCUT2D eigenvalue weighted by Crippen LogP contribution is 2.63. The van der Waals surface area contributed by atoms with Gasteiger partial charge in [-0.05, 0) is 32.5 Å². The Hall–Kier alpha value is -0.340. The summed E-state index contributed by atoms with van der Waals surface area (Å²) in [6.45, 7) is 1.95. The summed E-state index contributed by atoms with van der Waals surface area (Å²) in [6, 6.07) is 3.17. The van der Waals surface area contributed by atoms with Crippen LogP contribution in [0.25, 0.3) is 0 Å². The molecular formula is C11H14Cl2N2O3S2. The second-order valence-electron chi connectivity index (χ2n) is 4.82. The summed E-state index contributed by atoms with van der Waals surface area (Å²) < 4.78 is 24.6. The number of hydrogen-bond donors (Lipinski definition) is 2. The lowest BCUT2D eigenvalue weighted by Crippen LogP contribution is -2.32. The zero-order chi connectivity index (χ0) is 15.2. The lowest BCUT2D eigenvalue weighted by molar-refractivity contribution is -0.125. The van der Waals surface area contributed by atoms with Gasteiger partial charge in [0, 0.05) is 4.88 Å². The van der Waals surface area contributed by atoms with Gasteiger partial charge in [-0.15, -0.1) is 34.5 Å². The Morgan fingerprint density at radius 3 is 2.55 bits per heavy atom. The third-order valence-corrected chi connectivity index (χ3v) is 7.45. The maximum atomic E-state index is 12.0. The van der Waals surface area contributed by atoms with Crippen LogP contribution in [0, 0.1) is 5.41 Å². The molecular weight excluding hydrogens is 343 g/mol. The molecule has 1 heterocycles. The van der Waals surface area contributed by atoms with Gasteiger partial charge in [0.2, 0.25) is 15.9 Å². The summed E-state index contributed by atoms with van der Waals surface area (Å²) in [5, 5.41) is 2.73. The minimum absolute atomic E-state index is 0.214. The van der Waals surface area contributed by atoms with Crippen molar-refractivity contribution in [3.8, 4) is 0 Å². The maximum Gasteiger partial charge on any atom is 0.249 e. The number of carbonyl (C=O) groups is 1. The molecule has 1 aromatic rings. The van der Waals surface area contributed by atoms with Crippen LogP contribution < -0.4 is 10.0 Å². The van der Waals surface area contributed by atoms with Crippen LogP contribution in [0.5, 0.6) is 0 Å². The fourth-order valence-electron chi connectivity index (χ4n) is 1.71. The van der Waals surface area contributed by atoms with Gasteiger partial charge >= 0.3 is 0 Å². The molecule has 2 N–H and O–H groups in total. The SMILES string of the molecule is CNS(=O)(=O)c1ccc(CNC(=O)C2(C)CC2(Cl)Cl)s1. The van der Waals surface area contributed by atoms with E-state index in [0.29, 0.717) is 6.42 Å². The summed E-state index contributed by atoms with van der Waals surface area (Å²) in [5.41, 5.74) is -0.771. The highest BCUT2D eigenvalue weighted by molar-refractivity contribution is 7.91. The summed E-state index contributed by atoms with van der Waals surface area (Å²) in [5.74, 6) is -0.228. The minimum atomic E-state index is -3.44. The van der Waals surface area contributed by atoms with Crippen LogP contribution in [0.3, 0.4) is 0 Å². The second kappa shape index (κ2) is 5.14. The molecule has 1 saturated carbocycles. The lowest BCUT2D eigenvalue weighted by Gasteiger charge is -2.11. The van der Waals surface area contributed by atoms with Crippen LogP contribution in [-0.2, 0) is 21.4 Å². The Bertz CT molecular complexity index is 642. The van der Waals surface area contributed by atoms with E-state index in [9.17, 15) is 13.2 Å². The number of carbonyl (C=O) groups excluding carboxylic acids is 1. The molecule has 1 fully saturated rings. The molecule has 1 aliphatic carbocycles. The lowest BCUT2D eigenvalue weighted by atomic mass is 10.1. The van der Waals surface area contributed by atoms with Gasteiger partial charge in [0.05, 0.1) is 12.0 Å². The van der Waals surface area contributed by atoms with Gasteiger partial charge in [-0.3, -0.25) is 4.79 Å². The van der Waals surface area contributed by atoms with Crippen LogP contribution in [0.15, 0.2) is 16.3 Å². The zero-order valence-corrected chi connectivity index (χ0v) is 14.0. The van der Waals surface area contributed by atoms with E-state index in [4.69, 9.17) is 23.2 Å². The first-order chi connectivity index (χ1) is 9.12. The molecule has 20 heavy (non-hydrogen) atoms. The predicted molar refractivity (Wildman–Crippen MR) is 79.6 cm³/mol. The molecule has 5 nitrogen and oxygen atoms in total. The van der Waals surface area contributed by atoms with Gasteiger partial charge in [-0.1, -0.05) is 0 Å². The van der Waals surface area contributed by atoms with Gasteiger partial charge in [0.25, 0.3) is 0 Å². The molecule has 0 radical (unpaired) electrons. The van der Waals surface area contributed by atoms with Crippen molar-refractivity contribution in [3.63, 3.8) is 0 Å². The molecule has 1 aromatic heterocycles. The Labute approximate surface area is 131 Å². The Kier molecular flexibility index (Phi) is 4.12. The number of thiophene rings is 1. The fourth-order valence-corrected chi connectivity index (χ4v) is 4.55. The molecule has 1 unspecified atom stereocenters.